The summed E-state index contributed by atoms with van der Waals surface area (Å²) in [6, 6.07) is 7.46. The van der Waals surface area contributed by atoms with E-state index in [0.29, 0.717) is 11.3 Å². The van der Waals surface area contributed by atoms with E-state index in [0.717, 1.165) is 19.3 Å². The summed E-state index contributed by atoms with van der Waals surface area (Å²) in [5, 5.41) is 5.12. The number of rotatable bonds is 9. The standard InChI is InChI=1S/C25H26N2O7/c1-2-32-24(30)22-18(26-25(31)27-23(22)20-7-4-12-33-20)14-34-21(29)11-10-19(28)17-9-8-15-5-3-6-16(15)13-17/h4,7-9,12-13,23H,2-3,5-6,10-11,14H2,1H3,(H2,26,27,31). The van der Waals surface area contributed by atoms with Gasteiger partial charge in [-0.2, -0.15) is 0 Å². The zero-order valence-electron chi connectivity index (χ0n) is 18.8. The molecule has 1 unspecified atom stereocenters. The number of carbonyl (C=O) groups is 4. The van der Waals surface area contributed by atoms with Crippen molar-refractivity contribution in [2.24, 2.45) is 0 Å². The summed E-state index contributed by atoms with van der Waals surface area (Å²) in [6.07, 6.45) is 4.40. The number of ketones is 1. The van der Waals surface area contributed by atoms with E-state index in [2.05, 4.69) is 10.6 Å². The first kappa shape index (κ1) is 23.3. The Morgan fingerprint density at radius 3 is 2.68 bits per heavy atom. The summed E-state index contributed by atoms with van der Waals surface area (Å²) in [4.78, 5) is 49.7. The molecule has 2 aromatic rings. The maximum Gasteiger partial charge on any atom is 0.338 e. The fourth-order valence-corrected chi connectivity index (χ4v) is 4.18. The summed E-state index contributed by atoms with van der Waals surface area (Å²) in [5.41, 5.74) is 3.24. The molecule has 9 heteroatoms. The SMILES string of the molecule is CCOC(=O)C1=C(COC(=O)CCC(=O)c2ccc3c(c2)CCC3)NC(=O)NC1c1ccco1. The van der Waals surface area contributed by atoms with Gasteiger partial charge in [0.05, 0.1) is 30.6 Å². The molecule has 9 nitrogen and oxygen atoms in total. The first-order chi connectivity index (χ1) is 16.5. The van der Waals surface area contributed by atoms with Crippen molar-refractivity contribution in [3.05, 3.63) is 70.3 Å². The zero-order valence-corrected chi connectivity index (χ0v) is 18.8. The van der Waals surface area contributed by atoms with Gasteiger partial charge < -0.3 is 24.5 Å². The van der Waals surface area contributed by atoms with Crippen molar-refractivity contribution >= 4 is 23.8 Å². The van der Waals surface area contributed by atoms with Crippen LogP contribution in [-0.2, 0) is 31.9 Å². The summed E-state index contributed by atoms with van der Waals surface area (Å²) in [7, 11) is 0. The Hall–Kier alpha value is -3.88. The molecule has 4 rings (SSSR count). The summed E-state index contributed by atoms with van der Waals surface area (Å²) < 4.78 is 15.8. The molecule has 0 saturated carbocycles. The van der Waals surface area contributed by atoms with Crippen molar-refractivity contribution in [1.29, 1.82) is 0 Å². The molecule has 34 heavy (non-hydrogen) atoms. The normalized spacial score (nSPS) is 17.0. The number of hydrogen-bond donors (Lipinski definition) is 2. The molecule has 1 atom stereocenters. The van der Waals surface area contributed by atoms with E-state index in [4.69, 9.17) is 13.9 Å². The lowest BCUT2D eigenvalue weighted by Crippen LogP contribution is -2.47. The van der Waals surface area contributed by atoms with Crippen molar-refractivity contribution in [3.63, 3.8) is 0 Å². The van der Waals surface area contributed by atoms with Gasteiger partial charge in [-0.15, -0.1) is 0 Å². The monoisotopic (exact) mass is 466 g/mol. The number of Topliss-reactive ketones (excluding diaryl/α,β-unsaturated/α-hetero) is 1. The van der Waals surface area contributed by atoms with Crippen LogP contribution in [0, 0.1) is 0 Å². The van der Waals surface area contributed by atoms with Gasteiger partial charge in [-0.3, -0.25) is 9.59 Å². The van der Waals surface area contributed by atoms with Crippen LogP contribution in [0.1, 0.15) is 59.5 Å². The van der Waals surface area contributed by atoms with Crippen molar-refractivity contribution in [3.8, 4) is 0 Å². The number of furan rings is 1. The minimum atomic E-state index is -0.891. The maximum absolute atomic E-state index is 12.6. The summed E-state index contributed by atoms with van der Waals surface area (Å²) >= 11 is 0. The van der Waals surface area contributed by atoms with Gasteiger partial charge in [0.15, 0.2) is 5.78 Å². The van der Waals surface area contributed by atoms with Crippen LogP contribution in [0.15, 0.2) is 52.3 Å². The molecular formula is C25H26N2O7. The number of urea groups is 1. The van der Waals surface area contributed by atoms with E-state index < -0.39 is 24.0 Å². The van der Waals surface area contributed by atoms with Crippen LogP contribution in [0.3, 0.4) is 0 Å². The Balaban J connectivity index is 1.41. The molecule has 2 heterocycles. The Morgan fingerprint density at radius 1 is 1.09 bits per heavy atom. The number of carbonyl (C=O) groups excluding carboxylic acids is 4. The van der Waals surface area contributed by atoms with E-state index in [1.165, 1.54) is 17.4 Å². The van der Waals surface area contributed by atoms with Crippen LogP contribution in [0.2, 0.25) is 0 Å². The Kier molecular flexibility index (Phi) is 7.10. The predicted molar refractivity (Wildman–Crippen MR) is 120 cm³/mol. The minimum absolute atomic E-state index is 0.00430. The summed E-state index contributed by atoms with van der Waals surface area (Å²) in [5.74, 6) is -1.09. The largest absolute Gasteiger partial charge is 0.467 e. The maximum atomic E-state index is 12.6. The first-order valence-electron chi connectivity index (χ1n) is 11.3. The third-order valence-corrected chi connectivity index (χ3v) is 5.83. The smallest absolute Gasteiger partial charge is 0.338 e. The van der Waals surface area contributed by atoms with Crippen LogP contribution in [0.25, 0.3) is 0 Å². The molecule has 178 valence electrons. The molecular weight excluding hydrogens is 440 g/mol. The molecule has 2 amide bonds. The lowest BCUT2D eigenvalue weighted by Gasteiger charge is -2.27. The molecule has 0 bridgehead atoms. The molecule has 1 aliphatic heterocycles. The molecule has 0 radical (unpaired) electrons. The molecule has 1 aliphatic carbocycles. The van der Waals surface area contributed by atoms with Gasteiger partial charge in [-0.1, -0.05) is 12.1 Å². The number of esters is 2. The number of fused-ring (bicyclic) bond motifs is 1. The third-order valence-electron chi connectivity index (χ3n) is 5.83. The van der Waals surface area contributed by atoms with Crippen LogP contribution in [0.4, 0.5) is 4.79 Å². The average molecular weight is 466 g/mol. The number of amides is 2. The Labute approximate surface area is 196 Å². The molecule has 1 aromatic heterocycles. The minimum Gasteiger partial charge on any atom is -0.467 e. The van der Waals surface area contributed by atoms with Gasteiger partial charge in [0.25, 0.3) is 0 Å². The highest BCUT2D eigenvalue weighted by atomic mass is 16.5. The van der Waals surface area contributed by atoms with Gasteiger partial charge in [-0.05, 0) is 55.5 Å². The van der Waals surface area contributed by atoms with Gasteiger partial charge in [-0.25, -0.2) is 9.59 Å². The quantitative estimate of drug-likeness (QED) is 0.430. The number of benzene rings is 1. The summed E-state index contributed by atoms with van der Waals surface area (Å²) in [6.45, 7) is 1.43. The van der Waals surface area contributed by atoms with Crippen molar-refractivity contribution in [2.45, 2.75) is 45.1 Å². The van der Waals surface area contributed by atoms with E-state index in [1.54, 1.807) is 25.1 Å². The van der Waals surface area contributed by atoms with Crippen LogP contribution in [0.5, 0.6) is 0 Å². The fraction of sp³-hybridized carbons (Fsp3) is 0.360. The molecule has 0 fully saturated rings. The number of ether oxygens (including phenoxy) is 2. The number of aryl methyl sites for hydroxylation is 2. The second-order valence-corrected chi connectivity index (χ2v) is 8.08. The van der Waals surface area contributed by atoms with Crippen molar-refractivity contribution in [1.82, 2.24) is 10.6 Å². The molecule has 1 aromatic carbocycles. The highest BCUT2D eigenvalue weighted by molar-refractivity contribution is 5.98. The topological polar surface area (TPSA) is 124 Å². The lowest BCUT2D eigenvalue weighted by atomic mass is 10.0. The molecule has 0 spiro atoms. The van der Waals surface area contributed by atoms with Crippen LogP contribution in [-0.4, -0.2) is 37.0 Å². The first-order valence-corrected chi connectivity index (χ1v) is 11.3. The number of nitrogens with one attached hydrogen (secondary N) is 2. The second-order valence-electron chi connectivity index (χ2n) is 8.08. The van der Waals surface area contributed by atoms with Crippen LogP contribution < -0.4 is 10.6 Å². The fourth-order valence-electron chi connectivity index (χ4n) is 4.18. The second kappa shape index (κ2) is 10.4. The Morgan fingerprint density at radius 2 is 1.91 bits per heavy atom. The van der Waals surface area contributed by atoms with E-state index in [-0.39, 0.29) is 43.1 Å². The van der Waals surface area contributed by atoms with E-state index in [9.17, 15) is 19.2 Å². The highest BCUT2D eigenvalue weighted by Gasteiger charge is 2.35. The van der Waals surface area contributed by atoms with Gasteiger partial charge in [0, 0.05) is 12.0 Å². The molecule has 2 aliphatic rings. The van der Waals surface area contributed by atoms with Crippen molar-refractivity contribution < 1.29 is 33.1 Å². The molecule has 0 saturated heterocycles. The van der Waals surface area contributed by atoms with Crippen LogP contribution >= 0.6 is 0 Å². The van der Waals surface area contributed by atoms with E-state index >= 15 is 0 Å². The van der Waals surface area contributed by atoms with E-state index in [1.807, 2.05) is 12.1 Å². The predicted octanol–water partition coefficient (Wildman–Crippen LogP) is 3.15. The Bertz CT molecular complexity index is 1130. The average Bonchev–Trinajstić information content (AvgIpc) is 3.52. The highest BCUT2D eigenvalue weighted by Crippen LogP contribution is 2.28. The molecule has 2 N–H and O–H groups in total. The number of hydrogen-bond acceptors (Lipinski definition) is 7. The zero-order chi connectivity index (χ0) is 24.1. The van der Waals surface area contributed by atoms with Gasteiger partial charge >= 0.3 is 18.0 Å². The van der Waals surface area contributed by atoms with Gasteiger partial charge in [0.2, 0.25) is 0 Å². The third kappa shape index (κ3) is 5.19. The van der Waals surface area contributed by atoms with Gasteiger partial charge in [0.1, 0.15) is 18.4 Å². The van der Waals surface area contributed by atoms with Crippen molar-refractivity contribution in [2.75, 3.05) is 13.2 Å². The lowest BCUT2D eigenvalue weighted by molar-refractivity contribution is -0.143.